The predicted octanol–water partition coefficient (Wildman–Crippen LogP) is 1.04. The molecule has 0 aromatic carbocycles. The largest absolute Gasteiger partial charge is 0.391 e. The fourth-order valence-electron chi connectivity index (χ4n) is 1.70. The highest BCUT2D eigenvalue weighted by atomic mass is 16.3. The summed E-state index contributed by atoms with van der Waals surface area (Å²) in [5, 5.41) is 9.47. The molecule has 1 aromatic heterocycles. The molecule has 3 nitrogen and oxygen atoms in total. The van der Waals surface area contributed by atoms with Crippen molar-refractivity contribution in [1.82, 2.24) is 4.98 Å². The Bertz CT molecular complexity index is 263. The van der Waals surface area contributed by atoms with Crippen molar-refractivity contribution in [1.29, 1.82) is 0 Å². The van der Waals surface area contributed by atoms with Crippen LogP contribution < -0.4 is 4.90 Å². The maximum Gasteiger partial charge on any atom is 0.128 e. The first-order chi connectivity index (χ1) is 6.36. The normalized spacial score (nSPS) is 23.2. The van der Waals surface area contributed by atoms with E-state index < -0.39 is 0 Å². The zero-order chi connectivity index (χ0) is 9.10. The summed E-state index contributed by atoms with van der Waals surface area (Å²) in [6.07, 6.45) is 3.58. The van der Waals surface area contributed by atoms with Gasteiger partial charge in [0.05, 0.1) is 6.10 Å². The highest BCUT2D eigenvalue weighted by Gasteiger charge is 2.17. The summed E-state index contributed by atoms with van der Waals surface area (Å²) in [5.41, 5.74) is 0. The van der Waals surface area contributed by atoms with E-state index in [0.29, 0.717) is 0 Å². The van der Waals surface area contributed by atoms with Gasteiger partial charge in [0.2, 0.25) is 0 Å². The molecule has 1 N–H and O–H groups in total. The van der Waals surface area contributed by atoms with Crippen LogP contribution in [0.5, 0.6) is 0 Å². The van der Waals surface area contributed by atoms with Crippen LogP contribution in [0.2, 0.25) is 0 Å². The van der Waals surface area contributed by atoms with E-state index in [0.717, 1.165) is 31.7 Å². The van der Waals surface area contributed by atoms with E-state index in [1.165, 1.54) is 0 Å². The summed E-state index contributed by atoms with van der Waals surface area (Å²) in [6, 6.07) is 5.87. The van der Waals surface area contributed by atoms with E-state index in [-0.39, 0.29) is 6.10 Å². The Morgan fingerprint density at radius 3 is 3.08 bits per heavy atom. The number of pyridine rings is 1. The summed E-state index contributed by atoms with van der Waals surface area (Å²) >= 11 is 0. The Kier molecular flexibility index (Phi) is 2.45. The Balaban J connectivity index is 2.08. The summed E-state index contributed by atoms with van der Waals surface area (Å²) < 4.78 is 0. The lowest BCUT2D eigenvalue weighted by atomic mass is 10.1. The number of nitrogens with zero attached hydrogens (tertiary/aromatic N) is 2. The van der Waals surface area contributed by atoms with Crippen LogP contribution in [0.15, 0.2) is 24.4 Å². The van der Waals surface area contributed by atoms with Gasteiger partial charge in [-0.1, -0.05) is 6.07 Å². The zero-order valence-electron chi connectivity index (χ0n) is 7.56. The molecule has 1 aromatic rings. The lowest BCUT2D eigenvalue weighted by Crippen LogP contribution is -2.38. The molecule has 1 atom stereocenters. The fraction of sp³-hybridized carbons (Fsp3) is 0.500. The first kappa shape index (κ1) is 8.51. The third-order valence-corrected chi connectivity index (χ3v) is 2.37. The fourth-order valence-corrected chi connectivity index (χ4v) is 1.70. The van der Waals surface area contributed by atoms with Gasteiger partial charge in [-0.15, -0.1) is 0 Å². The first-order valence-corrected chi connectivity index (χ1v) is 4.70. The molecule has 3 heteroatoms. The van der Waals surface area contributed by atoms with Crippen molar-refractivity contribution in [3.05, 3.63) is 24.4 Å². The third kappa shape index (κ3) is 1.98. The SMILES string of the molecule is O[C@H]1CCCN(c2ccccn2)C1. The van der Waals surface area contributed by atoms with Gasteiger partial charge in [-0.25, -0.2) is 4.98 Å². The highest BCUT2D eigenvalue weighted by molar-refractivity contribution is 5.38. The van der Waals surface area contributed by atoms with E-state index >= 15 is 0 Å². The van der Waals surface area contributed by atoms with E-state index in [9.17, 15) is 5.11 Å². The topological polar surface area (TPSA) is 36.4 Å². The second-order valence-corrected chi connectivity index (χ2v) is 3.43. The lowest BCUT2D eigenvalue weighted by molar-refractivity contribution is 0.154. The summed E-state index contributed by atoms with van der Waals surface area (Å²) in [7, 11) is 0. The lowest BCUT2D eigenvalue weighted by Gasteiger charge is -2.30. The maximum absolute atomic E-state index is 9.47. The number of rotatable bonds is 1. The van der Waals surface area contributed by atoms with Gasteiger partial charge in [0, 0.05) is 19.3 Å². The quantitative estimate of drug-likeness (QED) is 0.698. The smallest absolute Gasteiger partial charge is 0.128 e. The standard InChI is InChI=1S/C10H14N2O/c13-9-4-3-7-12(8-9)10-5-1-2-6-11-10/h1-2,5-6,9,13H,3-4,7-8H2/t9-/m0/s1. The molecule has 2 rings (SSSR count). The van der Waals surface area contributed by atoms with Crippen LogP contribution in [-0.2, 0) is 0 Å². The molecule has 0 saturated carbocycles. The van der Waals surface area contributed by atoms with Gasteiger partial charge >= 0.3 is 0 Å². The summed E-state index contributed by atoms with van der Waals surface area (Å²) in [4.78, 5) is 6.38. The molecule has 1 aliphatic rings. The van der Waals surface area contributed by atoms with Gasteiger partial charge in [0.15, 0.2) is 0 Å². The minimum absolute atomic E-state index is 0.184. The van der Waals surface area contributed by atoms with Gasteiger partial charge in [-0.05, 0) is 25.0 Å². The van der Waals surface area contributed by atoms with Crippen LogP contribution in [0.4, 0.5) is 5.82 Å². The van der Waals surface area contributed by atoms with Crippen LogP contribution >= 0.6 is 0 Å². The molecule has 0 radical (unpaired) electrons. The van der Waals surface area contributed by atoms with Gasteiger partial charge in [0.1, 0.15) is 5.82 Å². The molecule has 2 heterocycles. The number of piperidine rings is 1. The van der Waals surface area contributed by atoms with Crippen LogP contribution in [-0.4, -0.2) is 29.3 Å². The molecular formula is C10H14N2O. The zero-order valence-corrected chi connectivity index (χ0v) is 7.56. The van der Waals surface area contributed by atoms with Crippen molar-refractivity contribution in [2.24, 2.45) is 0 Å². The van der Waals surface area contributed by atoms with Gasteiger partial charge in [0.25, 0.3) is 0 Å². The van der Waals surface area contributed by atoms with Crippen molar-refractivity contribution in [2.45, 2.75) is 18.9 Å². The third-order valence-electron chi connectivity index (χ3n) is 2.37. The number of hydrogen-bond acceptors (Lipinski definition) is 3. The van der Waals surface area contributed by atoms with Crippen molar-refractivity contribution in [2.75, 3.05) is 18.0 Å². The van der Waals surface area contributed by atoms with Crippen LogP contribution in [0.1, 0.15) is 12.8 Å². The second kappa shape index (κ2) is 3.75. The molecule has 13 heavy (non-hydrogen) atoms. The molecule has 70 valence electrons. The van der Waals surface area contributed by atoms with Crippen molar-refractivity contribution in [3.8, 4) is 0 Å². The van der Waals surface area contributed by atoms with Gasteiger partial charge in [-0.3, -0.25) is 0 Å². The average molecular weight is 178 g/mol. The molecule has 1 saturated heterocycles. The van der Waals surface area contributed by atoms with Crippen LogP contribution in [0.3, 0.4) is 0 Å². The summed E-state index contributed by atoms with van der Waals surface area (Å²) in [6.45, 7) is 1.73. The van der Waals surface area contributed by atoms with Crippen molar-refractivity contribution >= 4 is 5.82 Å². The number of hydrogen-bond donors (Lipinski definition) is 1. The Labute approximate surface area is 78.0 Å². The second-order valence-electron chi connectivity index (χ2n) is 3.43. The Morgan fingerprint density at radius 2 is 2.38 bits per heavy atom. The average Bonchev–Trinajstić information content (AvgIpc) is 2.19. The highest BCUT2D eigenvalue weighted by Crippen LogP contribution is 2.16. The molecule has 1 fully saturated rings. The van der Waals surface area contributed by atoms with E-state index in [2.05, 4.69) is 9.88 Å². The minimum atomic E-state index is -0.184. The molecule has 0 aliphatic carbocycles. The predicted molar refractivity (Wildman–Crippen MR) is 51.7 cm³/mol. The molecular weight excluding hydrogens is 164 g/mol. The Morgan fingerprint density at radius 1 is 1.46 bits per heavy atom. The Hall–Kier alpha value is -1.09. The van der Waals surface area contributed by atoms with Gasteiger partial charge < -0.3 is 10.0 Å². The van der Waals surface area contributed by atoms with Crippen molar-refractivity contribution < 1.29 is 5.11 Å². The van der Waals surface area contributed by atoms with Crippen LogP contribution in [0.25, 0.3) is 0 Å². The molecule has 0 bridgehead atoms. The van der Waals surface area contributed by atoms with Gasteiger partial charge in [-0.2, -0.15) is 0 Å². The van der Waals surface area contributed by atoms with Crippen molar-refractivity contribution in [3.63, 3.8) is 0 Å². The number of aliphatic hydroxyl groups excluding tert-OH is 1. The number of aromatic nitrogens is 1. The van der Waals surface area contributed by atoms with E-state index in [1.54, 1.807) is 6.20 Å². The van der Waals surface area contributed by atoms with E-state index in [4.69, 9.17) is 0 Å². The minimum Gasteiger partial charge on any atom is -0.391 e. The van der Waals surface area contributed by atoms with Crippen LogP contribution in [0, 0.1) is 0 Å². The molecule has 0 unspecified atom stereocenters. The first-order valence-electron chi connectivity index (χ1n) is 4.70. The maximum atomic E-state index is 9.47. The number of anilines is 1. The number of aliphatic hydroxyl groups is 1. The monoisotopic (exact) mass is 178 g/mol. The number of β-amino-alcohol motifs (C(OH)–C–C–N with tert-alkyl or cyclic N) is 1. The van der Waals surface area contributed by atoms with E-state index in [1.807, 2.05) is 18.2 Å². The molecule has 0 amide bonds. The molecule has 0 spiro atoms. The summed E-state index contributed by atoms with van der Waals surface area (Å²) in [5.74, 6) is 0.973. The molecule has 1 aliphatic heterocycles.